The third kappa shape index (κ3) is 3.51. The Bertz CT molecular complexity index is 486. The molecule has 0 unspecified atom stereocenters. The van der Waals surface area contributed by atoms with Crippen LogP contribution in [-0.4, -0.2) is 36.5 Å². The lowest BCUT2D eigenvalue weighted by Gasteiger charge is -2.33. The zero-order chi connectivity index (χ0) is 14.5. The van der Waals surface area contributed by atoms with Crippen LogP contribution in [0.2, 0.25) is 5.02 Å². The van der Waals surface area contributed by atoms with E-state index in [0.717, 1.165) is 18.4 Å². The Kier molecular flexibility index (Phi) is 5.01. The van der Waals surface area contributed by atoms with Crippen molar-refractivity contribution in [3.05, 3.63) is 34.9 Å². The summed E-state index contributed by atoms with van der Waals surface area (Å²) >= 11 is 5.82. The highest BCUT2D eigenvalue weighted by Gasteiger charge is 2.32. The predicted octanol–water partition coefficient (Wildman–Crippen LogP) is 2.44. The number of carbonyl (C=O) groups is 2. The molecular formula is C15H18ClNO3. The molecular weight excluding hydrogens is 278 g/mol. The fraction of sp³-hybridized carbons (Fsp3) is 0.467. The summed E-state index contributed by atoms with van der Waals surface area (Å²) in [5.41, 5.74) is 0.897. The number of carbonyl (C=O) groups excluding carboxylic acids is 2. The summed E-state index contributed by atoms with van der Waals surface area (Å²) in [5, 5.41) is 0.645. The second-order valence-electron chi connectivity index (χ2n) is 4.93. The number of halogens is 1. The molecule has 20 heavy (non-hydrogen) atoms. The average Bonchev–Trinajstić information content (AvgIpc) is 2.48. The van der Waals surface area contributed by atoms with Gasteiger partial charge in [-0.1, -0.05) is 23.7 Å². The smallest absolute Gasteiger partial charge is 0.328 e. The first-order valence-electron chi connectivity index (χ1n) is 6.73. The first kappa shape index (κ1) is 14.9. The van der Waals surface area contributed by atoms with E-state index in [1.807, 2.05) is 12.1 Å². The Labute approximate surface area is 123 Å². The van der Waals surface area contributed by atoms with E-state index >= 15 is 0 Å². The maximum Gasteiger partial charge on any atom is 0.328 e. The SMILES string of the molecule is COC(=O)[C@H]1CCCCN1C(=O)Cc1ccc(Cl)cc1. The van der Waals surface area contributed by atoms with Crippen LogP contribution in [0.5, 0.6) is 0 Å². The molecule has 0 N–H and O–H groups in total. The zero-order valence-corrected chi connectivity index (χ0v) is 12.2. The molecule has 1 aliphatic heterocycles. The van der Waals surface area contributed by atoms with Crippen LogP contribution in [0.25, 0.3) is 0 Å². The molecule has 1 aromatic rings. The van der Waals surface area contributed by atoms with Gasteiger partial charge in [0.15, 0.2) is 0 Å². The molecule has 2 rings (SSSR count). The van der Waals surface area contributed by atoms with Crippen molar-refractivity contribution in [1.82, 2.24) is 4.90 Å². The zero-order valence-electron chi connectivity index (χ0n) is 11.5. The number of likely N-dealkylation sites (tertiary alicyclic amines) is 1. The number of hydrogen-bond donors (Lipinski definition) is 0. The minimum Gasteiger partial charge on any atom is -0.467 e. The highest BCUT2D eigenvalue weighted by atomic mass is 35.5. The van der Waals surface area contributed by atoms with Crippen molar-refractivity contribution in [3.8, 4) is 0 Å². The number of nitrogens with zero attached hydrogens (tertiary/aromatic N) is 1. The third-order valence-corrected chi connectivity index (χ3v) is 3.82. The number of amides is 1. The summed E-state index contributed by atoms with van der Waals surface area (Å²) in [6.45, 7) is 0.617. The van der Waals surface area contributed by atoms with Crippen LogP contribution < -0.4 is 0 Å². The fourth-order valence-corrected chi connectivity index (χ4v) is 2.62. The molecule has 1 amide bonds. The van der Waals surface area contributed by atoms with Gasteiger partial charge in [-0.3, -0.25) is 4.79 Å². The number of ether oxygens (including phenoxy) is 1. The summed E-state index contributed by atoms with van der Waals surface area (Å²) in [6, 6.07) is 6.75. The Morgan fingerprint density at radius 1 is 1.30 bits per heavy atom. The molecule has 0 saturated carbocycles. The summed E-state index contributed by atoms with van der Waals surface area (Å²) in [6.07, 6.45) is 2.84. The van der Waals surface area contributed by atoms with Gasteiger partial charge in [-0.05, 0) is 37.0 Å². The molecule has 0 radical (unpaired) electrons. The van der Waals surface area contributed by atoms with Gasteiger partial charge in [-0.2, -0.15) is 0 Å². The second-order valence-corrected chi connectivity index (χ2v) is 5.36. The number of rotatable bonds is 3. The van der Waals surface area contributed by atoms with E-state index < -0.39 is 6.04 Å². The summed E-state index contributed by atoms with van der Waals surface area (Å²) < 4.78 is 4.79. The maximum absolute atomic E-state index is 12.4. The quantitative estimate of drug-likeness (QED) is 0.805. The predicted molar refractivity (Wildman–Crippen MR) is 76.5 cm³/mol. The Balaban J connectivity index is 2.05. The second kappa shape index (κ2) is 6.75. The minimum absolute atomic E-state index is 0.0394. The lowest BCUT2D eigenvalue weighted by Crippen LogP contribution is -2.49. The molecule has 108 valence electrons. The monoisotopic (exact) mass is 295 g/mol. The van der Waals surface area contributed by atoms with Crippen LogP contribution in [0.1, 0.15) is 24.8 Å². The number of benzene rings is 1. The number of piperidine rings is 1. The van der Waals surface area contributed by atoms with Crippen LogP contribution in [0.3, 0.4) is 0 Å². The van der Waals surface area contributed by atoms with Crippen LogP contribution in [0, 0.1) is 0 Å². The van der Waals surface area contributed by atoms with E-state index in [1.54, 1.807) is 17.0 Å². The topological polar surface area (TPSA) is 46.6 Å². The Morgan fingerprint density at radius 2 is 2.00 bits per heavy atom. The Morgan fingerprint density at radius 3 is 2.65 bits per heavy atom. The molecule has 0 bridgehead atoms. The standard InChI is InChI=1S/C15H18ClNO3/c1-20-15(19)13-4-2-3-9-17(13)14(18)10-11-5-7-12(16)8-6-11/h5-8,13H,2-4,9-10H2,1H3/t13-/m1/s1. The average molecular weight is 296 g/mol. The number of methoxy groups -OCH3 is 1. The van der Waals surface area contributed by atoms with E-state index in [9.17, 15) is 9.59 Å². The summed E-state index contributed by atoms with van der Waals surface area (Å²) in [4.78, 5) is 25.8. The molecule has 1 aliphatic rings. The van der Waals surface area contributed by atoms with Gasteiger partial charge in [0.25, 0.3) is 0 Å². The van der Waals surface area contributed by atoms with Gasteiger partial charge in [-0.25, -0.2) is 4.79 Å². The van der Waals surface area contributed by atoms with Crippen LogP contribution in [0.15, 0.2) is 24.3 Å². The van der Waals surface area contributed by atoms with Gasteiger partial charge in [0, 0.05) is 11.6 Å². The molecule has 1 heterocycles. The number of esters is 1. The van der Waals surface area contributed by atoms with Crippen molar-refractivity contribution < 1.29 is 14.3 Å². The highest BCUT2D eigenvalue weighted by Crippen LogP contribution is 2.20. The van der Waals surface area contributed by atoms with Crippen molar-refractivity contribution in [3.63, 3.8) is 0 Å². The lowest BCUT2D eigenvalue weighted by molar-refractivity contribution is -0.154. The maximum atomic E-state index is 12.4. The third-order valence-electron chi connectivity index (χ3n) is 3.57. The van der Waals surface area contributed by atoms with Gasteiger partial charge in [0.1, 0.15) is 6.04 Å². The number of hydrogen-bond acceptors (Lipinski definition) is 3. The molecule has 1 saturated heterocycles. The van der Waals surface area contributed by atoms with Crippen molar-refractivity contribution in [2.24, 2.45) is 0 Å². The van der Waals surface area contributed by atoms with Gasteiger partial charge in [0.2, 0.25) is 5.91 Å². The van der Waals surface area contributed by atoms with Gasteiger partial charge in [0.05, 0.1) is 13.5 Å². The normalized spacial score (nSPS) is 18.7. The first-order chi connectivity index (χ1) is 9.61. The van der Waals surface area contributed by atoms with E-state index in [0.29, 0.717) is 18.0 Å². The van der Waals surface area contributed by atoms with Crippen molar-refractivity contribution >= 4 is 23.5 Å². The lowest BCUT2D eigenvalue weighted by atomic mass is 10.0. The molecule has 0 spiro atoms. The largest absolute Gasteiger partial charge is 0.467 e. The van der Waals surface area contributed by atoms with E-state index in [-0.39, 0.29) is 18.3 Å². The van der Waals surface area contributed by atoms with Gasteiger partial charge in [-0.15, -0.1) is 0 Å². The molecule has 1 atom stereocenters. The minimum atomic E-state index is -0.437. The van der Waals surface area contributed by atoms with Crippen LogP contribution in [-0.2, 0) is 20.7 Å². The van der Waals surface area contributed by atoms with E-state index in [2.05, 4.69) is 0 Å². The van der Waals surface area contributed by atoms with Crippen LogP contribution in [0.4, 0.5) is 0 Å². The van der Waals surface area contributed by atoms with Crippen LogP contribution >= 0.6 is 11.6 Å². The summed E-state index contributed by atoms with van der Waals surface area (Å²) in [5.74, 6) is -0.364. The van der Waals surface area contributed by atoms with Crippen molar-refractivity contribution in [1.29, 1.82) is 0 Å². The van der Waals surface area contributed by atoms with Crippen molar-refractivity contribution in [2.75, 3.05) is 13.7 Å². The van der Waals surface area contributed by atoms with Gasteiger partial charge < -0.3 is 9.64 Å². The summed E-state index contributed by atoms with van der Waals surface area (Å²) in [7, 11) is 1.36. The molecule has 4 nitrogen and oxygen atoms in total. The van der Waals surface area contributed by atoms with Gasteiger partial charge >= 0.3 is 5.97 Å². The first-order valence-corrected chi connectivity index (χ1v) is 7.11. The molecule has 1 aromatic carbocycles. The molecule has 1 fully saturated rings. The van der Waals surface area contributed by atoms with Crippen molar-refractivity contribution in [2.45, 2.75) is 31.7 Å². The molecule has 5 heteroatoms. The highest BCUT2D eigenvalue weighted by molar-refractivity contribution is 6.30. The Hall–Kier alpha value is -1.55. The molecule has 0 aliphatic carbocycles. The van der Waals surface area contributed by atoms with E-state index in [4.69, 9.17) is 16.3 Å². The fourth-order valence-electron chi connectivity index (χ4n) is 2.49. The van der Waals surface area contributed by atoms with E-state index in [1.165, 1.54) is 7.11 Å². The molecule has 0 aromatic heterocycles.